The van der Waals surface area contributed by atoms with Crippen LogP contribution in [-0.2, 0) is 0 Å². The summed E-state index contributed by atoms with van der Waals surface area (Å²) in [5, 5.41) is 0.976. The molecule has 0 N–H and O–H groups in total. The van der Waals surface area contributed by atoms with E-state index in [-0.39, 0.29) is 18.2 Å². The second-order valence-corrected chi connectivity index (χ2v) is 6.14. The van der Waals surface area contributed by atoms with Gasteiger partial charge in [0.2, 0.25) is 0 Å². The lowest BCUT2D eigenvalue weighted by molar-refractivity contribution is 0.434. The van der Waals surface area contributed by atoms with E-state index in [1.165, 1.54) is 16.5 Å². The van der Waals surface area contributed by atoms with Gasteiger partial charge in [0.15, 0.2) is 0 Å². The number of benzene rings is 2. The summed E-state index contributed by atoms with van der Waals surface area (Å²) >= 11 is 1.69. The largest absolute Gasteiger partial charge is 0.310 e. The summed E-state index contributed by atoms with van der Waals surface area (Å²) in [6.45, 7) is 3.26. The standard InChI is InChI=1S/C14H9FS.C4H11N.ClH/c15-12-6-7-13-11(8-12)9-14(16-13)10-4-2-1-3-5-10;1-4-5(2)3;/h1-9H;4H2,1-3H3;1H. The van der Waals surface area contributed by atoms with Crippen LogP contribution in [0.4, 0.5) is 4.39 Å². The summed E-state index contributed by atoms with van der Waals surface area (Å²) < 4.78 is 14.2. The van der Waals surface area contributed by atoms with Gasteiger partial charge in [0.25, 0.3) is 0 Å². The quantitative estimate of drug-likeness (QED) is 0.580. The molecule has 0 fully saturated rings. The van der Waals surface area contributed by atoms with Crippen molar-refractivity contribution in [3.8, 4) is 10.4 Å². The van der Waals surface area contributed by atoms with E-state index in [2.05, 4.69) is 38.1 Å². The van der Waals surface area contributed by atoms with Crippen LogP contribution in [0.25, 0.3) is 20.5 Å². The van der Waals surface area contributed by atoms with E-state index < -0.39 is 0 Å². The van der Waals surface area contributed by atoms with Crippen molar-refractivity contribution in [2.45, 2.75) is 6.92 Å². The predicted molar refractivity (Wildman–Crippen MR) is 98.7 cm³/mol. The van der Waals surface area contributed by atoms with Crippen LogP contribution in [0.1, 0.15) is 6.92 Å². The zero-order valence-electron chi connectivity index (χ0n) is 13.0. The zero-order valence-corrected chi connectivity index (χ0v) is 14.7. The highest BCUT2D eigenvalue weighted by atomic mass is 35.5. The number of nitrogens with zero attached hydrogens (tertiary/aromatic N) is 1. The topological polar surface area (TPSA) is 3.24 Å². The molecule has 0 spiro atoms. The van der Waals surface area contributed by atoms with Crippen molar-refractivity contribution in [1.29, 1.82) is 0 Å². The fraction of sp³-hybridized carbons (Fsp3) is 0.222. The van der Waals surface area contributed by atoms with Crippen molar-refractivity contribution in [2.75, 3.05) is 20.6 Å². The van der Waals surface area contributed by atoms with Gasteiger partial charge >= 0.3 is 0 Å². The summed E-state index contributed by atoms with van der Waals surface area (Å²) in [5.41, 5.74) is 1.18. The summed E-state index contributed by atoms with van der Waals surface area (Å²) in [6.07, 6.45) is 0. The Bertz CT molecular complexity index is 695. The molecule has 0 aliphatic heterocycles. The first-order valence-corrected chi connectivity index (χ1v) is 7.81. The molecule has 0 saturated heterocycles. The van der Waals surface area contributed by atoms with Crippen molar-refractivity contribution < 1.29 is 4.39 Å². The first-order chi connectivity index (χ1) is 10.1. The third kappa shape index (κ3) is 5.09. The fourth-order valence-corrected chi connectivity index (χ4v) is 2.81. The zero-order chi connectivity index (χ0) is 15.2. The number of thiophene rings is 1. The molecule has 1 aromatic heterocycles. The lowest BCUT2D eigenvalue weighted by Crippen LogP contribution is -2.08. The molecule has 1 heterocycles. The van der Waals surface area contributed by atoms with E-state index in [1.54, 1.807) is 17.4 Å². The van der Waals surface area contributed by atoms with Crippen molar-refractivity contribution in [2.24, 2.45) is 0 Å². The van der Waals surface area contributed by atoms with Gasteiger partial charge < -0.3 is 4.90 Å². The lowest BCUT2D eigenvalue weighted by atomic mass is 10.1. The molecule has 2 aromatic carbocycles. The molecular weight excluding hydrogens is 317 g/mol. The van der Waals surface area contributed by atoms with E-state index in [0.29, 0.717) is 0 Å². The van der Waals surface area contributed by atoms with Gasteiger partial charge in [-0.2, -0.15) is 0 Å². The monoisotopic (exact) mass is 337 g/mol. The number of halogens is 2. The number of hydrogen-bond acceptors (Lipinski definition) is 2. The van der Waals surface area contributed by atoms with E-state index in [0.717, 1.165) is 16.6 Å². The van der Waals surface area contributed by atoms with Crippen molar-refractivity contribution in [1.82, 2.24) is 4.90 Å². The second-order valence-electron chi connectivity index (χ2n) is 5.05. The molecule has 22 heavy (non-hydrogen) atoms. The Balaban J connectivity index is 0.000000356. The third-order valence-electron chi connectivity index (χ3n) is 3.17. The van der Waals surface area contributed by atoms with Crippen LogP contribution in [-0.4, -0.2) is 25.5 Å². The van der Waals surface area contributed by atoms with Gasteiger partial charge in [-0.1, -0.05) is 37.3 Å². The van der Waals surface area contributed by atoms with Gasteiger partial charge in [-0.3, -0.25) is 0 Å². The Morgan fingerprint density at radius 2 is 1.64 bits per heavy atom. The van der Waals surface area contributed by atoms with E-state index in [9.17, 15) is 4.39 Å². The minimum absolute atomic E-state index is 0. The Kier molecular flexibility index (Phi) is 7.52. The van der Waals surface area contributed by atoms with Crippen molar-refractivity contribution >= 4 is 33.8 Å². The molecular formula is C18H21ClFNS. The molecule has 0 aliphatic rings. The minimum atomic E-state index is -0.176. The van der Waals surface area contributed by atoms with Crippen molar-refractivity contribution in [3.05, 3.63) is 60.4 Å². The molecule has 3 rings (SSSR count). The van der Waals surface area contributed by atoms with Gasteiger partial charge in [0.05, 0.1) is 0 Å². The number of fused-ring (bicyclic) bond motifs is 1. The fourth-order valence-electron chi connectivity index (χ4n) is 1.76. The van der Waals surface area contributed by atoms with Crippen LogP contribution in [0.2, 0.25) is 0 Å². The predicted octanol–water partition coefficient (Wildman–Crippen LogP) is 5.70. The Morgan fingerprint density at radius 3 is 2.23 bits per heavy atom. The first kappa shape index (κ1) is 18.6. The normalized spacial score (nSPS) is 10.0. The van der Waals surface area contributed by atoms with Crippen LogP contribution in [0.15, 0.2) is 54.6 Å². The van der Waals surface area contributed by atoms with Gasteiger partial charge in [0, 0.05) is 9.58 Å². The van der Waals surface area contributed by atoms with E-state index in [4.69, 9.17) is 0 Å². The van der Waals surface area contributed by atoms with Crippen LogP contribution in [0, 0.1) is 5.82 Å². The minimum Gasteiger partial charge on any atom is -0.310 e. The number of rotatable bonds is 2. The molecule has 3 aromatic rings. The maximum absolute atomic E-state index is 13.1. The van der Waals surface area contributed by atoms with E-state index >= 15 is 0 Å². The Labute approximate surface area is 141 Å². The third-order valence-corrected chi connectivity index (χ3v) is 4.33. The average Bonchev–Trinajstić information content (AvgIpc) is 2.91. The van der Waals surface area contributed by atoms with Gasteiger partial charge in [-0.15, -0.1) is 23.7 Å². The molecule has 0 unspecified atom stereocenters. The highest BCUT2D eigenvalue weighted by Gasteiger charge is 2.04. The van der Waals surface area contributed by atoms with Crippen LogP contribution in [0.5, 0.6) is 0 Å². The molecule has 4 heteroatoms. The molecule has 0 amide bonds. The van der Waals surface area contributed by atoms with Crippen LogP contribution < -0.4 is 0 Å². The number of hydrogen-bond donors (Lipinski definition) is 0. The molecule has 0 saturated carbocycles. The summed E-state index contributed by atoms with van der Waals surface area (Å²) in [4.78, 5) is 3.31. The molecule has 0 radical (unpaired) electrons. The van der Waals surface area contributed by atoms with Crippen molar-refractivity contribution in [3.63, 3.8) is 0 Å². The molecule has 0 bridgehead atoms. The molecule has 0 atom stereocenters. The Hall–Kier alpha value is -1.42. The summed E-state index contributed by atoms with van der Waals surface area (Å²) in [7, 11) is 4.11. The Morgan fingerprint density at radius 1 is 1.00 bits per heavy atom. The van der Waals surface area contributed by atoms with Gasteiger partial charge in [-0.25, -0.2) is 4.39 Å². The lowest BCUT2D eigenvalue weighted by Gasteiger charge is -2.00. The maximum atomic E-state index is 13.1. The molecule has 118 valence electrons. The second kappa shape index (κ2) is 8.89. The maximum Gasteiger partial charge on any atom is 0.123 e. The molecule has 1 nitrogen and oxygen atoms in total. The first-order valence-electron chi connectivity index (χ1n) is 6.99. The molecule has 0 aliphatic carbocycles. The smallest absolute Gasteiger partial charge is 0.123 e. The van der Waals surface area contributed by atoms with Gasteiger partial charge in [-0.05, 0) is 55.9 Å². The highest BCUT2D eigenvalue weighted by molar-refractivity contribution is 7.22. The summed E-state index contributed by atoms with van der Waals surface area (Å²) in [5.74, 6) is -0.176. The van der Waals surface area contributed by atoms with Gasteiger partial charge in [0.1, 0.15) is 5.82 Å². The van der Waals surface area contributed by atoms with Crippen LogP contribution >= 0.6 is 23.7 Å². The SMILES string of the molecule is CCN(C)C.Cl.Fc1ccc2sc(-c3ccccc3)cc2c1. The van der Waals surface area contributed by atoms with E-state index in [1.807, 2.05) is 30.3 Å². The van der Waals surface area contributed by atoms with Crippen LogP contribution in [0.3, 0.4) is 0 Å². The summed E-state index contributed by atoms with van der Waals surface area (Å²) in [6, 6.07) is 17.1. The highest BCUT2D eigenvalue weighted by Crippen LogP contribution is 2.33. The average molecular weight is 338 g/mol.